The Kier molecular flexibility index (Phi) is 13.6. The number of alkyl halides is 12. The molecule has 0 amide bonds. The van der Waals surface area contributed by atoms with Crippen LogP contribution >= 0.6 is 0 Å². The maximum atomic E-state index is 14.3. The molecular formula is C71H44F12N4. The van der Waals surface area contributed by atoms with Crippen molar-refractivity contribution in [2.24, 2.45) is 0 Å². The van der Waals surface area contributed by atoms with Crippen molar-refractivity contribution in [2.45, 2.75) is 59.3 Å². The van der Waals surface area contributed by atoms with Gasteiger partial charge in [-0.05, 0) is 217 Å². The zero-order valence-corrected chi connectivity index (χ0v) is 46.6. The summed E-state index contributed by atoms with van der Waals surface area (Å²) in [5.41, 5.74) is 4.96. The molecule has 0 saturated heterocycles. The zero-order chi connectivity index (χ0) is 62.0. The summed E-state index contributed by atoms with van der Waals surface area (Å²) in [6, 6.07) is 48.2. The number of nitrogens with zero attached hydrogens (tertiary/aromatic N) is 4. The number of nitriles is 2. The Hall–Kier alpha value is -10.1. The van der Waals surface area contributed by atoms with Gasteiger partial charge in [-0.1, -0.05) is 71.8 Å². The molecule has 0 saturated carbocycles. The summed E-state index contributed by atoms with van der Waals surface area (Å²) < 4.78 is 176. The second-order valence-electron chi connectivity index (χ2n) is 22.1. The van der Waals surface area contributed by atoms with Gasteiger partial charge < -0.3 is 9.13 Å². The summed E-state index contributed by atoms with van der Waals surface area (Å²) in [5, 5.41) is 23.8. The summed E-state index contributed by atoms with van der Waals surface area (Å²) in [6.07, 6.45) is -19.7. The molecule has 16 heteroatoms. The number of fused-ring (bicyclic) bond motifs is 6. The second-order valence-corrected chi connectivity index (χ2v) is 22.1. The quantitative estimate of drug-likeness (QED) is 0.149. The van der Waals surface area contributed by atoms with Crippen molar-refractivity contribution in [1.82, 2.24) is 9.13 Å². The van der Waals surface area contributed by atoms with Gasteiger partial charge in [-0.25, -0.2) is 0 Å². The lowest BCUT2D eigenvalue weighted by atomic mass is 9.96. The van der Waals surface area contributed by atoms with Crippen LogP contribution in [-0.4, -0.2) is 9.13 Å². The van der Waals surface area contributed by atoms with E-state index in [1.54, 1.807) is 85.1 Å². The highest BCUT2D eigenvalue weighted by Gasteiger charge is 2.38. The van der Waals surface area contributed by atoms with E-state index < -0.39 is 52.5 Å². The van der Waals surface area contributed by atoms with Crippen LogP contribution in [0.3, 0.4) is 0 Å². The fraction of sp³-hybridized carbons (Fsp3) is 0.127. The summed E-state index contributed by atoms with van der Waals surface area (Å²) in [7, 11) is 0. The number of aryl methyl sites for hydroxylation is 5. The molecule has 0 bridgehead atoms. The first-order valence-electron chi connectivity index (χ1n) is 27.1. The van der Waals surface area contributed by atoms with E-state index in [0.717, 1.165) is 46.5 Å². The van der Waals surface area contributed by atoms with E-state index in [4.69, 9.17) is 0 Å². The standard InChI is InChI=1S/C71H44F12N4/c1-37-14-38(2)17-47(16-37)43-6-12-64-60(28-43)61-30-45(49-19-41(5)22-54(25-49)69(75,76)77)8-13-65(61)87(64)67-32-52(36-85)66(34-57(67)51-20-39(3)15-42(23-51)35-84)86-62-10-7-44(48-18-40(4)21-53(24-48)68(72,73)74)29-58(62)59-31-46(9-11-63(59)86)50-26-55(70(78,79)80)33-56(27-50)71(81,82)83/h6-34H,1-5H3. The number of benzene rings is 10. The highest BCUT2D eigenvalue weighted by atomic mass is 19.4. The highest BCUT2D eigenvalue weighted by Crippen LogP contribution is 2.47. The van der Waals surface area contributed by atoms with Crippen molar-refractivity contribution >= 4 is 43.6 Å². The Labute approximate surface area is 489 Å². The summed E-state index contributed by atoms with van der Waals surface area (Å²) in [4.78, 5) is 0. The molecule has 0 aliphatic carbocycles. The Balaban J connectivity index is 1.17. The minimum absolute atomic E-state index is 0.0251. The van der Waals surface area contributed by atoms with Crippen LogP contribution in [0.4, 0.5) is 52.7 Å². The number of hydrogen-bond acceptors (Lipinski definition) is 2. The molecule has 4 nitrogen and oxygen atoms in total. The van der Waals surface area contributed by atoms with Gasteiger partial charge in [-0.15, -0.1) is 0 Å². The summed E-state index contributed by atoms with van der Waals surface area (Å²) in [5.74, 6) is 0. The van der Waals surface area contributed by atoms with E-state index >= 15 is 0 Å². The Morgan fingerprint density at radius 1 is 0.287 bits per heavy atom. The van der Waals surface area contributed by atoms with Gasteiger partial charge in [0.15, 0.2) is 0 Å². The van der Waals surface area contributed by atoms with Gasteiger partial charge in [0.1, 0.15) is 6.07 Å². The molecule has 432 valence electrons. The first kappa shape index (κ1) is 57.4. The van der Waals surface area contributed by atoms with Crippen LogP contribution in [0.25, 0.3) is 111 Å². The lowest BCUT2D eigenvalue weighted by Crippen LogP contribution is -2.11. The van der Waals surface area contributed by atoms with Crippen LogP contribution in [-0.2, 0) is 24.7 Å². The minimum Gasteiger partial charge on any atom is -0.309 e. The predicted octanol–water partition coefficient (Wildman–Crippen LogP) is 21.6. The number of rotatable bonds is 7. The average Bonchev–Trinajstić information content (AvgIpc) is 1.61. The normalized spacial score (nSPS) is 12.4. The molecular weight excluding hydrogens is 1140 g/mol. The van der Waals surface area contributed by atoms with Crippen molar-refractivity contribution in [3.63, 3.8) is 0 Å². The molecule has 12 rings (SSSR count). The van der Waals surface area contributed by atoms with E-state index in [0.29, 0.717) is 95.0 Å². The van der Waals surface area contributed by atoms with E-state index in [1.165, 1.54) is 25.1 Å². The van der Waals surface area contributed by atoms with Crippen molar-refractivity contribution in [3.05, 3.63) is 237 Å². The number of hydrogen-bond donors (Lipinski definition) is 0. The molecule has 87 heavy (non-hydrogen) atoms. The molecule has 0 fully saturated rings. The Bertz CT molecular complexity index is 4900. The van der Waals surface area contributed by atoms with Gasteiger partial charge in [0.25, 0.3) is 0 Å². The van der Waals surface area contributed by atoms with Gasteiger partial charge in [-0.3, -0.25) is 0 Å². The third-order valence-electron chi connectivity index (χ3n) is 15.7. The molecule has 0 aliphatic heterocycles. The highest BCUT2D eigenvalue weighted by molar-refractivity contribution is 6.14. The van der Waals surface area contributed by atoms with Crippen LogP contribution in [0.5, 0.6) is 0 Å². The molecule has 2 aromatic heterocycles. The Morgan fingerprint density at radius 2 is 0.609 bits per heavy atom. The molecule has 0 N–H and O–H groups in total. The maximum Gasteiger partial charge on any atom is 0.416 e. The summed E-state index contributed by atoms with van der Waals surface area (Å²) in [6.45, 7) is 8.86. The Morgan fingerprint density at radius 3 is 0.977 bits per heavy atom. The fourth-order valence-corrected chi connectivity index (χ4v) is 12.0. The topological polar surface area (TPSA) is 57.4 Å². The average molecular weight is 1180 g/mol. The predicted molar refractivity (Wildman–Crippen MR) is 315 cm³/mol. The molecule has 2 heterocycles. The van der Waals surface area contributed by atoms with Crippen molar-refractivity contribution in [2.75, 3.05) is 0 Å². The fourth-order valence-electron chi connectivity index (χ4n) is 12.0. The van der Waals surface area contributed by atoms with Crippen LogP contribution in [0, 0.1) is 57.3 Å². The van der Waals surface area contributed by atoms with Gasteiger partial charge in [0.05, 0.1) is 72.9 Å². The van der Waals surface area contributed by atoms with E-state index in [-0.39, 0.29) is 45.0 Å². The third-order valence-corrected chi connectivity index (χ3v) is 15.7. The third kappa shape index (κ3) is 10.6. The SMILES string of the molecule is Cc1cc(C)cc(-c2ccc3c(c2)c2cc(-c4cc(C)cc(C(F)(F)F)c4)ccc2n3-c2cc(C#N)c(-n3c4ccc(-c5cc(C)cc(C(F)(F)F)c5)cc4c4cc(-c5cc(C(F)(F)F)cc(C(F)(F)F)c5)ccc43)cc2-c2cc(C)cc(C#N)c2)c1. The first-order chi connectivity index (χ1) is 41.0. The molecule has 0 spiro atoms. The van der Waals surface area contributed by atoms with Gasteiger partial charge in [0, 0.05) is 27.1 Å². The van der Waals surface area contributed by atoms with Crippen molar-refractivity contribution in [3.8, 4) is 79.1 Å². The largest absolute Gasteiger partial charge is 0.416 e. The zero-order valence-electron chi connectivity index (χ0n) is 46.6. The molecule has 10 aromatic carbocycles. The van der Waals surface area contributed by atoms with Crippen molar-refractivity contribution in [1.29, 1.82) is 10.5 Å². The maximum absolute atomic E-state index is 14.3. The lowest BCUT2D eigenvalue weighted by Gasteiger charge is -2.19. The van der Waals surface area contributed by atoms with Gasteiger partial charge in [0.2, 0.25) is 0 Å². The molecule has 0 unspecified atom stereocenters. The smallest absolute Gasteiger partial charge is 0.309 e. The lowest BCUT2D eigenvalue weighted by molar-refractivity contribution is -0.143. The molecule has 0 atom stereocenters. The van der Waals surface area contributed by atoms with E-state index in [2.05, 4.69) is 12.1 Å². The van der Waals surface area contributed by atoms with Crippen LogP contribution in [0.15, 0.2) is 176 Å². The minimum atomic E-state index is -5.17. The van der Waals surface area contributed by atoms with Crippen LogP contribution in [0.1, 0.15) is 61.2 Å². The number of aromatic nitrogens is 2. The monoisotopic (exact) mass is 1180 g/mol. The molecule has 0 aliphatic rings. The first-order valence-corrected chi connectivity index (χ1v) is 27.1. The molecule has 0 radical (unpaired) electrons. The number of halogens is 12. The van der Waals surface area contributed by atoms with Crippen LogP contribution < -0.4 is 0 Å². The van der Waals surface area contributed by atoms with E-state index in [9.17, 15) is 63.2 Å². The van der Waals surface area contributed by atoms with E-state index in [1.807, 2.05) is 66.9 Å². The van der Waals surface area contributed by atoms with Crippen molar-refractivity contribution < 1.29 is 52.7 Å². The van der Waals surface area contributed by atoms with Crippen LogP contribution in [0.2, 0.25) is 0 Å². The second kappa shape index (κ2) is 20.6. The summed E-state index contributed by atoms with van der Waals surface area (Å²) >= 11 is 0. The van der Waals surface area contributed by atoms with Gasteiger partial charge in [-0.2, -0.15) is 63.2 Å². The molecule has 12 aromatic rings. The van der Waals surface area contributed by atoms with Gasteiger partial charge >= 0.3 is 24.7 Å².